The molecule has 9 heteroatoms. The molecule has 2 amide bonds. The number of methoxy groups -OCH3 is 2. The number of aliphatic hydroxyl groups excluding tert-OH is 1. The number of nitrogens with two attached hydrogens (primary N) is 1. The third kappa shape index (κ3) is 9.29. The number of aliphatic hydroxyl groups is 1. The van der Waals surface area contributed by atoms with Crippen LogP contribution in [0, 0.1) is 11.8 Å². The average molecular weight is 482 g/mol. The molecule has 1 aliphatic rings. The minimum atomic E-state index is -0.818. The Kier molecular flexibility index (Phi) is 12.5. The second-order valence-electron chi connectivity index (χ2n) is 9.14. The summed E-state index contributed by atoms with van der Waals surface area (Å²) in [7, 11) is 3.30. The van der Waals surface area contributed by atoms with E-state index in [1.807, 2.05) is 18.2 Å². The molecule has 2 rings (SSSR count). The number of hydrogen-bond donors (Lipinski definition) is 3. The van der Waals surface area contributed by atoms with Crippen LogP contribution in [0.3, 0.4) is 0 Å². The fourth-order valence-corrected chi connectivity index (χ4v) is 3.97. The van der Waals surface area contributed by atoms with E-state index in [0.29, 0.717) is 63.4 Å². The number of carbonyl (C=O) groups excluding carboxylic acids is 1. The summed E-state index contributed by atoms with van der Waals surface area (Å²) < 4.78 is 21.7. The van der Waals surface area contributed by atoms with E-state index in [-0.39, 0.29) is 18.5 Å². The van der Waals surface area contributed by atoms with Crippen LogP contribution in [0.5, 0.6) is 11.5 Å². The van der Waals surface area contributed by atoms with Gasteiger partial charge in [0.25, 0.3) is 0 Å². The van der Waals surface area contributed by atoms with Crippen LogP contribution in [0.4, 0.5) is 4.79 Å². The molecule has 1 aromatic carbocycles. The number of ether oxygens (including phenoxy) is 4. The summed E-state index contributed by atoms with van der Waals surface area (Å²) in [6.45, 7) is 7.84. The van der Waals surface area contributed by atoms with Crippen molar-refractivity contribution in [3.8, 4) is 11.5 Å². The molecule has 0 unspecified atom stereocenters. The Morgan fingerprint density at radius 1 is 1.21 bits per heavy atom. The van der Waals surface area contributed by atoms with Crippen LogP contribution in [0.1, 0.15) is 32.3 Å². The number of morpholine rings is 1. The van der Waals surface area contributed by atoms with Crippen molar-refractivity contribution in [2.75, 3.05) is 60.3 Å². The van der Waals surface area contributed by atoms with Gasteiger partial charge in [0.2, 0.25) is 0 Å². The summed E-state index contributed by atoms with van der Waals surface area (Å²) in [6, 6.07) is 5.35. The van der Waals surface area contributed by atoms with Crippen molar-refractivity contribution >= 4 is 6.03 Å². The molecule has 9 nitrogen and oxygen atoms in total. The Bertz CT molecular complexity index is 727. The molecule has 0 spiro atoms. The molecule has 1 saturated heterocycles. The predicted octanol–water partition coefficient (Wildman–Crippen LogP) is 2.05. The molecular formula is C25H43N3O6. The van der Waals surface area contributed by atoms with Gasteiger partial charge in [-0.2, -0.15) is 0 Å². The third-order valence-corrected chi connectivity index (χ3v) is 6.25. The first-order valence-corrected chi connectivity index (χ1v) is 12.2. The number of nitrogens with zero attached hydrogens (tertiary/aromatic N) is 1. The van der Waals surface area contributed by atoms with Gasteiger partial charge in [0.1, 0.15) is 0 Å². The minimum absolute atomic E-state index is 0.129. The minimum Gasteiger partial charge on any atom is -0.493 e. The number of hydrogen-bond acceptors (Lipinski definition) is 7. The Morgan fingerprint density at radius 2 is 1.94 bits per heavy atom. The van der Waals surface area contributed by atoms with Crippen LogP contribution in [-0.2, 0) is 15.9 Å². The lowest BCUT2D eigenvalue weighted by Crippen LogP contribution is -2.50. The fraction of sp³-hybridized carbons (Fsp3) is 0.720. The van der Waals surface area contributed by atoms with Crippen LogP contribution < -0.4 is 20.5 Å². The second-order valence-corrected chi connectivity index (χ2v) is 9.14. The highest BCUT2D eigenvalue weighted by Crippen LogP contribution is 2.31. The zero-order valence-corrected chi connectivity index (χ0v) is 21.1. The molecule has 1 heterocycles. The van der Waals surface area contributed by atoms with Crippen LogP contribution in [0.15, 0.2) is 18.2 Å². The Morgan fingerprint density at radius 3 is 2.59 bits per heavy atom. The number of carbonyl (C=O) groups is 1. The number of urea groups is 1. The summed E-state index contributed by atoms with van der Waals surface area (Å²) in [6.07, 6.45) is 1.42. The predicted molar refractivity (Wildman–Crippen MR) is 131 cm³/mol. The second kappa shape index (κ2) is 15.0. The smallest absolute Gasteiger partial charge is 0.317 e. The molecule has 0 aromatic heterocycles. The maximum atomic E-state index is 12.3. The Labute approximate surface area is 203 Å². The van der Waals surface area contributed by atoms with E-state index in [2.05, 4.69) is 19.2 Å². The summed E-state index contributed by atoms with van der Waals surface area (Å²) in [5.41, 5.74) is 7.48. The highest BCUT2D eigenvalue weighted by atomic mass is 16.5. The van der Waals surface area contributed by atoms with Crippen molar-refractivity contribution in [1.29, 1.82) is 0 Å². The first-order chi connectivity index (χ1) is 16.3. The topological polar surface area (TPSA) is 116 Å². The van der Waals surface area contributed by atoms with Crippen molar-refractivity contribution in [3.05, 3.63) is 23.8 Å². The SMILES string of the molecule is COCCCOc1cc(C[C@@H](C[C@H](N)[C@@H](O)CNC(=O)N2CCOCC2)C(C)C)ccc1OC. The van der Waals surface area contributed by atoms with Gasteiger partial charge >= 0.3 is 6.03 Å². The molecule has 3 atom stereocenters. The standard InChI is InChI=1S/C25H43N3O6/c1-18(2)20(14-19-6-7-23(32-4)24(15-19)34-11-5-10-31-3)16-21(26)22(29)17-27-25(30)28-8-12-33-13-9-28/h6-7,15,18,20-22,29H,5,8-14,16-17,26H2,1-4H3,(H,27,30)/t20-,21-,22-/m0/s1. The summed E-state index contributed by atoms with van der Waals surface area (Å²) >= 11 is 0. The molecule has 1 aliphatic heterocycles. The lowest BCUT2D eigenvalue weighted by Gasteiger charge is -2.29. The molecule has 0 saturated carbocycles. The highest BCUT2D eigenvalue weighted by molar-refractivity contribution is 5.74. The van der Waals surface area contributed by atoms with Crippen molar-refractivity contribution < 1.29 is 28.8 Å². The molecule has 34 heavy (non-hydrogen) atoms. The van der Waals surface area contributed by atoms with Crippen LogP contribution in [-0.4, -0.2) is 88.5 Å². The maximum Gasteiger partial charge on any atom is 0.317 e. The lowest BCUT2D eigenvalue weighted by atomic mass is 9.83. The van der Waals surface area contributed by atoms with Gasteiger partial charge in [0.05, 0.1) is 33.0 Å². The third-order valence-electron chi connectivity index (χ3n) is 6.25. The largest absolute Gasteiger partial charge is 0.493 e. The molecular weight excluding hydrogens is 438 g/mol. The normalized spacial score (nSPS) is 16.7. The van der Waals surface area contributed by atoms with Gasteiger partial charge in [0.15, 0.2) is 11.5 Å². The molecule has 0 bridgehead atoms. The van der Waals surface area contributed by atoms with Crippen LogP contribution in [0.2, 0.25) is 0 Å². The first kappa shape index (κ1) is 28.2. The maximum absolute atomic E-state index is 12.3. The number of amides is 2. The molecule has 1 fully saturated rings. The van der Waals surface area contributed by atoms with Gasteiger partial charge in [-0.1, -0.05) is 19.9 Å². The Hall–Kier alpha value is -2.07. The van der Waals surface area contributed by atoms with Crippen LogP contribution >= 0.6 is 0 Å². The van der Waals surface area contributed by atoms with Crippen molar-refractivity contribution in [1.82, 2.24) is 10.2 Å². The molecule has 0 aliphatic carbocycles. The van der Waals surface area contributed by atoms with E-state index in [0.717, 1.165) is 18.4 Å². The quantitative estimate of drug-likeness (QED) is 0.348. The van der Waals surface area contributed by atoms with Gasteiger partial charge in [-0.3, -0.25) is 0 Å². The van der Waals surface area contributed by atoms with Crippen molar-refractivity contribution in [2.24, 2.45) is 17.6 Å². The van der Waals surface area contributed by atoms with E-state index in [1.54, 1.807) is 19.1 Å². The highest BCUT2D eigenvalue weighted by Gasteiger charge is 2.24. The van der Waals surface area contributed by atoms with Gasteiger partial charge in [-0.05, 0) is 42.4 Å². The van der Waals surface area contributed by atoms with Gasteiger partial charge in [-0.25, -0.2) is 4.79 Å². The zero-order valence-electron chi connectivity index (χ0n) is 21.1. The van der Waals surface area contributed by atoms with Gasteiger partial charge in [0, 0.05) is 45.8 Å². The average Bonchev–Trinajstić information content (AvgIpc) is 2.85. The molecule has 4 N–H and O–H groups in total. The lowest BCUT2D eigenvalue weighted by molar-refractivity contribution is 0.0515. The number of nitrogens with one attached hydrogen (secondary N) is 1. The van der Waals surface area contributed by atoms with Crippen LogP contribution in [0.25, 0.3) is 0 Å². The van der Waals surface area contributed by atoms with Gasteiger partial charge in [-0.15, -0.1) is 0 Å². The Balaban J connectivity index is 1.91. The molecule has 194 valence electrons. The van der Waals surface area contributed by atoms with E-state index in [9.17, 15) is 9.90 Å². The summed E-state index contributed by atoms with van der Waals surface area (Å²) in [5.74, 6) is 2.04. The van der Waals surface area contributed by atoms with Gasteiger partial charge < -0.3 is 40.0 Å². The molecule has 0 radical (unpaired) electrons. The number of rotatable bonds is 14. The van der Waals surface area contributed by atoms with E-state index >= 15 is 0 Å². The fourth-order valence-electron chi connectivity index (χ4n) is 3.97. The van der Waals surface area contributed by atoms with Crippen molar-refractivity contribution in [2.45, 2.75) is 45.3 Å². The summed E-state index contributed by atoms with van der Waals surface area (Å²) in [4.78, 5) is 14.0. The summed E-state index contributed by atoms with van der Waals surface area (Å²) in [5, 5.41) is 13.4. The van der Waals surface area contributed by atoms with E-state index < -0.39 is 12.1 Å². The monoisotopic (exact) mass is 481 g/mol. The number of benzene rings is 1. The zero-order chi connectivity index (χ0) is 24.9. The van der Waals surface area contributed by atoms with Crippen molar-refractivity contribution in [3.63, 3.8) is 0 Å². The van der Waals surface area contributed by atoms with E-state index in [1.165, 1.54) is 0 Å². The van der Waals surface area contributed by atoms with E-state index in [4.69, 9.17) is 24.7 Å². The molecule has 1 aromatic rings. The first-order valence-electron chi connectivity index (χ1n) is 12.2.